The van der Waals surface area contributed by atoms with Crippen molar-refractivity contribution < 1.29 is 54.8 Å². The third-order valence-corrected chi connectivity index (χ3v) is 0. The van der Waals surface area contributed by atoms with Gasteiger partial charge in [0.25, 0.3) is 0 Å². The average Bonchev–Trinajstić information content (AvgIpc) is 1.75. The van der Waals surface area contributed by atoms with Crippen LogP contribution in [0, 0.1) is 25.7 Å². The second kappa shape index (κ2) is 114. The Hall–Kier alpha value is 1.20. The molecule has 0 saturated heterocycles. The third-order valence-electron chi connectivity index (χ3n) is 0. The van der Waals surface area contributed by atoms with Crippen molar-refractivity contribution in [2.75, 3.05) is 0 Å². The number of hydrogen-bond donors (Lipinski definition) is 0. The maximum Gasteiger partial charge on any atom is 1.00 e. The first-order valence-electron chi connectivity index (χ1n) is 2.64. The molecule has 0 fully saturated rings. The summed E-state index contributed by atoms with van der Waals surface area (Å²) in [6.45, 7) is 15.8. The summed E-state index contributed by atoms with van der Waals surface area (Å²) in [5.41, 5.74) is 0. The van der Waals surface area contributed by atoms with Gasteiger partial charge < -0.3 is 25.7 Å². The molecule has 0 atom stereocenters. The largest absolute Gasteiger partial charge is 1.00 e. The molecule has 0 radical (unpaired) electrons. The van der Waals surface area contributed by atoms with Crippen LogP contribution >= 0.6 is 0 Å². The Morgan fingerprint density at radius 3 is 1.00 bits per heavy atom. The van der Waals surface area contributed by atoms with Crippen molar-refractivity contribution in [1.82, 2.24) is 0 Å². The van der Waals surface area contributed by atoms with Crippen LogP contribution in [0.15, 0.2) is 0 Å². The first-order valence-corrected chi connectivity index (χ1v) is 2.64. The molecule has 11 heavy (non-hydrogen) atoms. The summed E-state index contributed by atoms with van der Waals surface area (Å²) < 4.78 is 0. The quantitative estimate of drug-likeness (QED) is 0.288. The summed E-state index contributed by atoms with van der Waals surface area (Å²) in [5, 5.41) is 6.25. The molecule has 0 aromatic heterocycles. The predicted molar refractivity (Wildman–Crippen MR) is 36.3 cm³/mol. The van der Waals surface area contributed by atoms with Gasteiger partial charge in [0.15, 0.2) is 0 Å². The fourth-order valence-corrected chi connectivity index (χ4v) is 0. The molecule has 0 aliphatic heterocycles. The summed E-state index contributed by atoms with van der Waals surface area (Å²) >= 11 is 0. The molecule has 0 heterocycles. The molecular weight excluding hydrogens is 176 g/mol. The van der Waals surface area contributed by atoms with Crippen molar-refractivity contribution in [3.63, 3.8) is 0 Å². The SMILES string of the molecule is [C-]#N.[CH2-]CC.[CH2-]CC.[Cu+].[Li+].[Li+]. The van der Waals surface area contributed by atoms with Gasteiger partial charge in [-0.15, -0.1) is 0 Å². The van der Waals surface area contributed by atoms with E-state index in [0.29, 0.717) is 0 Å². The van der Waals surface area contributed by atoms with Gasteiger partial charge in [0, 0.05) is 0 Å². The zero-order chi connectivity index (χ0) is 7.41. The predicted octanol–water partition coefficient (Wildman–Crippen LogP) is -3.44. The van der Waals surface area contributed by atoms with E-state index in [9.17, 15) is 0 Å². The zero-order valence-corrected chi connectivity index (χ0v) is 9.02. The molecule has 4 heteroatoms. The van der Waals surface area contributed by atoms with Gasteiger partial charge in [-0.05, 0) is 0 Å². The summed E-state index contributed by atoms with van der Waals surface area (Å²) in [6.07, 6.45) is 2.00. The van der Waals surface area contributed by atoms with E-state index in [1.807, 2.05) is 13.8 Å². The number of nitrogens with zero attached hydrogens (tertiary/aromatic N) is 1. The molecule has 0 rings (SSSR count). The van der Waals surface area contributed by atoms with E-state index in [4.69, 9.17) is 11.8 Å². The molecule has 0 bridgehead atoms. The van der Waals surface area contributed by atoms with E-state index < -0.39 is 0 Å². The summed E-state index contributed by atoms with van der Waals surface area (Å²) in [7, 11) is 0. The van der Waals surface area contributed by atoms with Gasteiger partial charge in [-0.25, -0.2) is 0 Å². The maximum absolute atomic E-state index is 6.25. The van der Waals surface area contributed by atoms with Gasteiger partial charge in [0.05, 0.1) is 0 Å². The topological polar surface area (TPSA) is 23.8 Å². The molecule has 0 aromatic carbocycles. The van der Waals surface area contributed by atoms with Crippen LogP contribution in [0.3, 0.4) is 0 Å². The third kappa shape index (κ3) is 654. The van der Waals surface area contributed by atoms with E-state index in [2.05, 4.69) is 13.8 Å². The number of rotatable bonds is 0. The van der Waals surface area contributed by atoms with Crippen molar-refractivity contribution in [3.05, 3.63) is 20.4 Å². The average molecular weight is 190 g/mol. The van der Waals surface area contributed by atoms with E-state index in [1.165, 1.54) is 0 Å². The smallest absolute Gasteiger partial charge is 0.512 e. The number of hydrogen-bond acceptors (Lipinski definition) is 1. The molecule has 0 aliphatic carbocycles. The molecule has 0 amide bonds. The van der Waals surface area contributed by atoms with Crippen LogP contribution in [0.1, 0.15) is 26.7 Å². The van der Waals surface area contributed by atoms with E-state index in [0.717, 1.165) is 12.8 Å². The van der Waals surface area contributed by atoms with Crippen molar-refractivity contribution in [3.8, 4) is 0 Å². The Morgan fingerprint density at radius 2 is 1.00 bits per heavy atom. The van der Waals surface area contributed by atoms with Crippen molar-refractivity contribution in [1.29, 1.82) is 5.26 Å². The monoisotopic (exact) mass is 189 g/mol. The molecule has 0 saturated carbocycles. The van der Waals surface area contributed by atoms with Gasteiger partial charge in [-0.2, -0.15) is 12.8 Å². The minimum Gasteiger partial charge on any atom is -0.512 e. The normalized spacial score (nSPS) is 3.45. The second-order valence-corrected chi connectivity index (χ2v) is 1.000. The molecule has 0 aromatic rings. The van der Waals surface area contributed by atoms with Gasteiger partial charge >= 0.3 is 54.8 Å². The molecule has 60 valence electrons. The van der Waals surface area contributed by atoms with Crippen LogP contribution in [-0.2, 0) is 17.1 Å². The summed E-state index contributed by atoms with van der Waals surface area (Å²) in [6, 6.07) is 0. The van der Waals surface area contributed by atoms with Crippen LogP contribution in [0.25, 0.3) is 0 Å². The molecular formula is C7H14CuLi2N. The van der Waals surface area contributed by atoms with E-state index in [1.54, 1.807) is 0 Å². The van der Waals surface area contributed by atoms with Gasteiger partial charge in [0.2, 0.25) is 0 Å². The fourth-order valence-electron chi connectivity index (χ4n) is 0. The van der Waals surface area contributed by atoms with E-state index in [-0.39, 0.29) is 54.8 Å². The van der Waals surface area contributed by atoms with Gasteiger partial charge in [-0.1, -0.05) is 13.8 Å². The van der Waals surface area contributed by atoms with Crippen LogP contribution < -0.4 is 37.7 Å². The summed E-state index contributed by atoms with van der Waals surface area (Å²) in [5.74, 6) is 0. The van der Waals surface area contributed by atoms with Crippen molar-refractivity contribution >= 4 is 0 Å². The minimum atomic E-state index is 0. The fraction of sp³-hybridized carbons (Fsp3) is 0.571. The standard InChI is InChI=1S/2C3H7.CN.Cu.2Li/c2*1-3-2;1-2;;;/h2*1,3H2,2H3;;;;/q3*-1;3*+1. The Morgan fingerprint density at radius 1 is 1.00 bits per heavy atom. The molecule has 0 N–H and O–H groups in total. The first kappa shape index (κ1) is 39.8. The van der Waals surface area contributed by atoms with Crippen LogP contribution in [0.2, 0.25) is 0 Å². The van der Waals surface area contributed by atoms with Crippen LogP contribution in [0.5, 0.6) is 0 Å². The van der Waals surface area contributed by atoms with Gasteiger partial charge in [0.1, 0.15) is 0 Å². The zero-order valence-electron chi connectivity index (χ0n) is 8.08. The van der Waals surface area contributed by atoms with Crippen molar-refractivity contribution in [2.45, 2.75) is 26.7 Å². The Labute approximate surface area is 107 Å². The Bertz CT molecular complexity index is 32.9. The van der Waals surface area contributed by atoms with Crippen LogP contribution in [0.4, 0.5) is 0 Å². The molecule has 0 unspecified atom stereocenters. The van der Waals surface area contributed by atoms with Crippen LogP contribution in [-0.4, -0.2) is 0 Å². The molecule has 0 aliphatic rings. The molecule has 0 spiro atoms. The van der Waals surface area contributed by atoms with Gasteiger partial charge in [-0.3, -0.25) is 0 Å². The van der Waals surface area contributed by atoms with Crippen molar-refractivity contribution in [2.24, 2.45) is 0 Å². The molecule has 1 nitrogen and oxygen atoms in total. The van der Waals surface area contributed by atoms with E-state index >= 15 is 0 Å². The Balaban J connectivity index is -0.00000000764. The summed E-state index contributed by atoms with van der Waals surface area (Å²) in [4.78, 5) is 0. The Kier molecular flexibility index (Phi) is 411. The second-order valence-electron chi connectivity index (χ2n) is 1.000. The first-order chi connectivity index (χ1) is 3.83. The minimum absolute atomic E-state index is 0. The maximum atomic E-state index is 6.25.